The van der Waals surface area contributed by atoms with Crippen molar-refractivity contribution >= 4 is 36.1 Å². The number of benzene rings is 1. The number of rotatable bonds is 6. The van der Waals surface area contributed by atoms with E-state index in [-0.39, 0.29) is 29.9 Å². The first-order chi connectivity index (χ1) is 17.9. The van der Waals surface area contributed by atoms with Gasteiger partial charge in [0, 0.05) is 10.9 Å². The minimum absolute atomic E-state index is 0.0876. The maximum atomic E-state index is 13.9. The lowest BCUT2D eigenvalue weighted by atomic mass is 9.85. The van der Waals surface area contributed by atoms with Crippen molar-refractivity contribution in [3.63, 3.8) is 0 Å². The van der Waals surface area contributed by atoms with Crippen molar-refractivity contribution in [2.75, 3.05) is 6.54 Å². The molecule has 2 aromatic heterocycles. The lowest BCUT2D eigenvalue weighted by molar-refractivity contribution is -0.188. The Morgan fingerprint density at radius 2 is 2.00 bits per heavy atom. The molecule has 38 heavy (non-hydrogen) atoms. The number of esters is 2. The SMILES string of the molecule is CC[C@@]1(OC(=O)CN)C(=O)OCc2c1cc1n(c2=O)Cc2c-1nc1ccc(O)cc1c2[Si](C)(C)CC(C)C. The summed E-state index contributed by atoms with van der Waals surface area (Å²) in [5, 5.41) is 12.4. The van der Waals surface area contributed by atoms with E-state index in [1.165, 1.54) is 5.19 Å². The summed E-state index contributed by atoms with van der Waals surface area (Å²) in [4.78, 5) is 44.1. The van der Waals surface area contributed by atoms with E-state index >= 15 is 0 Å². The number of phenolic OH excluding ortho intramolecular Hbond substituents is 1. The topological polar surface area (TPSA) is 134 Å². The Morgan fingerprint density at radius 3 is 2.66 bits per heavy atom. The number of nitrogens with two attached hydrogens (primary N) is 1. The minimum Gasteiger partial charge on any atom is -0.508 e. The number of ether oxygens (including phenoxy) is 2. The number of pyridine rings is 2. The summed E-state index contributed by atoms with van der Waals surface area (Å²) >= 11 is 0. The van der Waals surface area contributed by atoms with Gasteiger partial charge in [0.2, 0.25) is 5.60 Å². The molecular formula is C28H33N3O6Si. The summed E-state index contributed by atoms with van der Waals surface area (Å²) < 4.78 is 12.6. The molecule has 5 rings (SSSR count). The smallest absolute Gasteiger partial charge is 0.355 e. The van der Waals surface area contributed by atoms with Gasteiger partial charge in [-0.3, -0.25) is 9.59 Å². The Hall–Kier alpha value is -3.50. The zero-order valence-electron chi connectivity index (χ0n) is 22.4. The first-order valence-electron chi connectivity index (χ1n) is 13.0. The summed E-state index contributed by atoms with van der Waals surface area (Å²) in [6, 6.07) is 7.96. The quantitative estimate of drug-likeness (QED) is 0.284. The minimum atomic E-state index is -2.08. The van der Waals surface area contributed by atoms with E-state index in [0.29, 0.717) is 29.4 Å². The second-order valence-electron chi connectivity index (χ2n) is 11.2. The first-order valence-corrected chi connectivity index (χ1v) is 16.2. The highest BCUT2D eigenvalue weighted by Gasteiger charge is 2.50. The number of carbonyl (C=O) groups is 2. The Morgan fingerprint density at radius 1 is 1.26 bits per heavy atom. The third-order valence-electron chi connectivity index (χ3n) is 7.69. The number of aromatic nitrogens is 2. The van der Waals surface area contributed by atoms with E-state index in [0.717, 1.165) is 22.5 Å². The summed E-state index contributed by atoms with van der Waals surface area (Å²) in [6.07, 6.45) is 0.0876. The molecule has 0 aliphatic carbocycles. The van der Waals surface area contributed by atoms with E-state index in [1.54, 1.807) is 35.8 Å². The summed E-state index contributed by atoms with van der Waals surface area (Å²) in [5.74, 6) is -0.837. The molecule has 0 saturated heterocycles. The summed E-state index contributed by atoms with van der Waals surface area (Å²) in [7, 11) is -2.08. The van der Waals surface area contributed by atoms with Crippen molar-refractivity contribution in [1.29, 1.82) is 0 Å². The predicted octanol–water partition coefficient (Wildman–Crippen LogP) is 2.87. The van der Waals surface area contributed by atoms with Crippen LogP contribution in [0.5, 0.6) is 5.75 Å². The standard InChI is InChI=1S/C28H33N3O6Si/c1-6-28(37-23(33)11-29)20-10-22-24-18(12-31(22)26(34)19(20)13-36-27(28)35)25(38(4,5)14-15(2)3)17-9-16(32)7-8-21(17)30-24/h7-10,15,32H,6,11-14,29H2,1-5H3/t28-/m0/s1. The lowest BCUT2D eigenvalue weighted by Gasteiger charge is -2.35. The van der Waals surface area contributed by atoms with Crippen LogP contribution in [0.15, 0.2) is 29.1 Å². The molecule has 0 bridgehead atoms. The van der Waals surface area contributed by atoms with Crippen LogP contribution in [-0.4, -0.2) is 41.2 Å². The molecule has 2 aliphatic heterocycles. The van der Waals surface area contributed by atoms with E-state index in [9.17, 15) is 19.5 Å². The number of carbonyl (C=O) groups excluding carboxylic acids is 2. The molecule has 0 fully saturated rings. The highest BCUT2D eigenvalue weighted by Crippen LogP contribution is 2.41. The van der Waals surface area contributed by atoms with Crippen LogP contribution >= 0.6 is 0 Å². The molecule has 10 heteroatoms. The number of phenols is 1. The van der Waals surface area contributed by atoms with E-state index in [1.807, 2.05) is 0 Å². The van der Waals surface area contributed by atoms with Gasteiger partial charge >= 0.3 is 11.9 Å². The Labute approximate surface area is 221 Å². The van der Waals surface area contributed by atoms with Crippen LogP contribution in [0.2, 0.25) is 19.1 Å². The lowest BCUT2D eigenvalue weighted by Crippen LogP contribution is -2.48. The highest BCUT2D eigenvalue weighted by atomic mass is 28.3. The fourth-order valence-corrected chi connectivity index (χ4v) is 10.5. The van der Waals surface area contributed by atoms with E-state index in [2.05, 4.69) is 26.9 Å². The molecule has 3 N–H and O–H groups in total. The van der Waals surface area contributed by atoms with Gasteiger partial charge in [-0.2, -0.15) is 0 Å². The van der Waals surface area contributed by atoms with Crippen LogP contribution in [0.25, 0.3) is 22.3 Å². The fourth-order valence-electron chi connectivity index (χ4n) is 6.36. The molecule has 1 atom stereocenters. The maximum absolute atomic E-state index is 13.9. The summed E-state index contributed by atoms with van der Waals surface area (Å²) in [5.41, 5.74) is 7.00. The molecule has 0 unspecified atom stereocenters. The number of cyclic esters (lactones) is 1. The average Bonchev–Trinajstić information content (AvgIpc) is 3.21. The van der Waals surface area contributed by atoms with Crippen LogP contribution in [0.3, 0.4) is 0 Å². The average molecular weight is 536 g/mol. The summed E-state index contributed by atoms with van der Waals surface area (Å²) in [6.45, 7) is 10.4. The fraction of sp³-hybridized carbons (Fsp3) is 0.429. The van der Waals surface area contributed by atoms with Gasteiger partial charge in [0.05, 0.1) is 43.6 Å². The largest absolute Gasteiger partial charge is 0.508 e. The normalized spacial score (nSPS) is 18.2. The molecule has 1 aromatic carbocycles. The number of hydrogen-bond acceptors (Lipinski definition) is 8. The van der Waals surface area contributed by atoms with Crippen molar-refractivity contribution in [2.24, 2.45) is 11.7 Å². The van der Waals surface area contributed by atoms with Gasteiger partial charge in [0.1, 0.15) is 12.4 Å². The highest BCUT2D eigenvalue weighted by molar-refractivity contribution is 6.92. The van der Waals surface area contributed by atoms with Crippen molar-refractivity contribution in [2.45, 2.75) is 65.1 Å². The van der Waals surface area contributed by atoms with Crippen molar-refractivity contribution in [1.82, 2.24) is 9.55 Å². The van der Waals surface area contributed by atoms with E-state index in [4.69, 9.17) is 20.2 Å². The molecule has 3 aromatic rings. The number of nitrogens with zero attached hydrogens (tertiary/aromatic N) is 2. The zero-order chi connectivity index (χ0) is 27.6. The van der Waals surface area contributed by atoms with Crippen molar-refractivity contribution < 1.29 is 24.2 Å². The molecule has 0 spiro atoms. The van der Waals surface area contributed by atoms with Crippen LogP contribution < -0.4 is 16.5 Å². The van der Waals surface area contributed by atoms with Gasteiger partial charge in [0.15, 0.2) is 0 Å². The molecule has 4 heterocycles. The molecule has 200 valence electrons. The van der Waals surface area contributed by atoms with Crippen LogP contribution in [0, 0.1) is 5.92 Å². The number of aromatic hydroxyl groups is 1. The second kappa shape index (κ2) is 9.06. The third-order valence-corrected chi connectivity index (χ3v) is 11.5. The van der Waals surface area contributed by atoms with Gasteiger partial charge in [-0.1, -0.05) is 39.9 Å². The van der Waals surface area contributed by atoms with Crippen LogP contribution in [0.1, 0.15) is 43.9 Å². The molecular weight excluding hydrogens is 502 g/mol. The van der Waals surface area contributed by atoms with Crippen molar-refractivity contribution in [3.8, 4) is 17.1 Å². The molecule has 0 saturated carbocycles. The van der Waals surface area contributed by atoms with Gasteiger partial charge in [-0.15, -0.1) is 0 Å². The number of hydrogen-bond donors (Lipinski definition) is 2. The van der Waals surface area contributed by atoms with Gasteiger partial charge in [0.25, 0.3) is 5.56 Å². The second-order valence-corrected chi connectivity index (χ2v) is 15.9. The Kier molecular flexibility index (Phi) is 6.22. The first kappa shape index (κ1) is 26.1. The number of fused-ring (bicyclic) bond motifs is 5. The Bertz CT molecular complexity index is 1560. The van der Waals surface area contributed by atoms with E-state index < -0.39 is 32.2 Å². The van der Waals surface area contributed by atoms with Gasteiger partial charge in [-0.25, -0.2) is 9.78 Å². The van der Waals surface area contributed by atoms with Gasteiger partial charge in [-0.05, 0) is 47.4 Å². The predicted molar refractivity (Wildman–Crippen MR) is 146 cm³/mol. The molecule has 0 amide bonds. The molecule has 9 nitrogen and oxygen atoms in total. The zero-order valence-corrected chi connectivity index (χ0v) is 23.4. The molecule has 2 aliphatic rings. The van der Waals surface area contributed by atoms with Gasteiger partial charge < -0.3 is 24.9 Å². The maximum Gasteiger partial charge on any atom is 0.355 e. The van der Waals surface area contributed by atoms with Crippen LogP contribution in [-0.2, 0) is 37.8 Å². The third kappa shape index (κ3) is 3.85. The van der Waals surface area contributed by atoms with Crippen molar-refractivity contribution in [3.05, 3.63) is 51.3 Å². The van der Waals surface area contributed by atoms with Crippen LogP contribution in [0.4, 0.5) is 0 Å². The molecule has 0 radical (unpaired) electrons. The monoisotopic (exact) mass is 535 g/mol. The Balaban J connectivity index is 1.82.